The van der Waals surface area contributed by atoms with Crippen LogP contribution in [0.2, 0.25) is 0 Å². The smallest absolute Gasteiger partial charge is 0.410 e. The van der Waals surface area contributed by atoms with Gasteiger partial charge in [-0.25, -0.2) is 4.79 Å². The topological polar surface area (TPSA) is 59.1 Å². The Morgan fingerprint density at radius 3 is 2.55 bits per heavy atom. The number of likely N-dealkylation sites (tertiary alicyclic amines) is 1. The monoisotopic (exact) mass is 304 g/mol. The number of carbonyl (C=O) groups is 2. The second kappa shape index (κ2) is 6.68. The maximum Gasteiger partial charge on any atom is 0.410 e. The molecule has 6 heteroatoms. The molecule has 22 heavy (non-hydrogen) atoms. The largest absolute Gasteiger partial charge is 0.484 e. The Bertz CT molecular complexity index is 526. The van der Waals surface area contributed by atoms with E-state index < -0.39 is 0 Å². The van der Waals surface area contributed by atoms with Crippen LogP contribution in [0.3, 0.4) is 0 Å². The van der Waals surface area contributed by atoms with E-state index in [4.69, 9.17) is 9.47 Å². The highest BCUT2D eigenvalue weighted by Crippen LogP contribution is 2.20. The van der Waals surface area contributed by atoms with Gasteiger partial charge in [-0.15, -0.1) is 0 Å². The summed E-state index contributed by atoms with van der Waals surface area (Å²) in [6, 6.07) is 9.51. The third-order valence-corrected chi connectivity index (χ3v) is 4.16. The maximum absolute atomic E-state index is 12.2. The van der Waals surface area contributed by atoms with E-state index >= 15 is 0 Å². The standard InChI is InChI=1S/C16H20N2O4/c19-15(12-22-14-4-2-1-3-5-14)17-8-6-13(7-9-17)18-10-11-21-16(18)20/h1-5,13H,6-12H2. The lowest BCUT2D eigenvalue weighted by molar-refractivity contribution is -0.134. The molecular formula is C16H20N2O4. The molecule has 2 amide bonds. The first kappa shape index (κ1) is 14.7. The van der Waals surface area contributed by atoms with Gasteiger partial charge in [-0.2, -0.15) is 0 Å². The van der Waals surface area contributed by atoms with Crippen molar-refractivity contribution in [1.29, 1.82) is 0 Å². The molecule has 2 heterocycles. The molecule has 0 bridgehead atoms. The number of carbonyl (C=O) groups excluding carboxylic acids is 2. The van der Waals surface area contributed by atoms with Crippen LogP contribution in [0.25, 0.3) is 0 Å². The lowest BCUT2D eigenvalue weighted by Crippen LogP contribution is -2.48. The Morgan fingerprint density at radius 2 is 1.91 bits per heavy atom. The number of rotatable bonds is 4. The van der Waals surface area contributed by atoms with Gasteiger partial charge in [0.1, 0.15) is 12.4 Å². The first-order chi connectivity index (χ1) is 10.7. The van der Waals surface area contributed by atoms with Crippen molar-refractivity contribution in [3.05, 3.63) is 30.3 Å². The summed E-state index contributed by atoms with van der Waals surface area (Å²) in [5, 5.41) is 0. The summed E-state index contributed by atoms with van der Waals surface area (Å²) >= 11 is 0. The van der Waals surface area contributed by atoms with Crippen LogP contribution >= 0.6 is 0 Å². The molecule has 6 nitrogen and oxygen atoms in total. The molecular weight excluding hydrogens is 284 g/mol. The van der Waals surface area contributed by atoms with Crippen molar-refractivity contribution < 1.29 is 19.1 Å². The average molecular weight is 304 g/mol. The van der Waals surface area contributed by atoms with Gasteiger partial charge in [0, 0.05) is 19.1 Å². The number of piperidine rings is 1. The van der Waals surface area contributed by atoms with Gasteiger partial charge in [0.2, 0.25) is 0 Å². The predicted octanol–water partition coefficient (Wildman–Crippen LogP) is 1.51. The summed E-state index contributed by atoms with van der Waals surface area (Å²) in [5.41, 5.74) is 0. The minimum atomic E-state index is -0.225. The number of benzene rings is 1. The Kier molecular flexibility index (Phi) is 4.46. The number of amides is 2. The second-order valence-electron chi connectivity index (χ2n) is 5.52. The summed E-state index contributed by atoms with van der Waals surface area (Å²) in [7, 11) is 0. The minimum Gasteiger partial charge on any atom is -0.484 e. The van der Waals surface area contributed by atoms with Gasteiger partial charge in [-0.05, 0) is 25.0 Å². The lowest BCUT2D eigenvalue weighted by atomic mass is 10.0. The van der Waals surface area contributed by atoms with Gasteiger partial charge < -0.3 is 19.3 Å². The van der Waals surface area contributed by atoms with Crippen LogP contribution in [0.1, 0.15) is 12.8 Å². The lowest BCUT2D eigenvalue weighted by Gasteiger charge is -2.35. The number of hydrogen-bond donors (Lipinski definition) is 0. The zero-order valence-electron chi connectivity index (χ0n) is 12.4. The molecule has 1 aromatic carbocycles. The fraction of sp³-hybridized carbons (Fsp3) is 0.500. The fourth-order valence-electron chi connectivity index (χ4n) is 2.92. The number of ether oxygens (including phenoxy) is 2. The maximum atomic E-state index is 12.2. The van der Waals surface area contributed by atoms with Crippen LogP contribution in [0.4, 0.5) is 4.79 Å². The molecule has 2 aliphatic rings. The Morgan fingerprint density at radius 1 is 1.18 bits per heavy atom. The fourth-order valence-corrected chi connectivity index (χ4v) is 2.92. The van der Waals surface area contributed by atoms with Crippen LogP contribution in [-0.2, 0) is 9.53 Å². The number of para-hydroxylation sites is 1. The second-order valence-corrected chi connectivity index (χ2v) is 5.52. The highest BCUT2D eigenvalue weighted by Gasteiger charge is 2.33. The molecule has 3 rings (SSSR count). The van der Waals surface area contributed by atoms with Crippen LogP contribution in [-0.4, -0.2) is 60.7 Å². The number of cyclic esters (lactones) is 1. The first-order valence-electron chi connectivity index (χ1n) is 7.63. The van der Waals surface area contributed by atoms with Crippen molar-refractivity contribution >= 4 is 12.0 Å². The van der Waals surface area contributed by atoms with E-state index in [2.05, 4.69) is 0 Å². The number of hydrogen-bond acceptors (Lipinski definition) is 4. The summed E-state index contributed by atoms with van der Waals surface area (Å²) in [6.45, 7) is 2.51. The highest BCUT2D eigenvalue weighted by molar-refractivity contribution is 5.78. The summed E-state index contributed by atoms with van der Waals surface area (Å²) < 4.78 is 10.5. The normalized spacial score (nSPS) is 19.2. The van der Waals surface area contributed by atoms with Gasteiger partial charge >= 0.3 is 6.09 Å². The molecule has 0 aliphatic carbocycles. The quantitative estimate of drug-likeness (QED) is 0.846. The van der Waals surface area contributed by atoms with E-state index in [0.29, 0.717) is 32.0 Å². The van der Waals surface area contributed by atoms with Crippen LogP contribution in [0.5, 0.6) is 5.75 Å². The van der Waals surface area contributed by atoms with E-state index in [1.807, 2.05) is 30.3 Å². The summed E-state index contributed by atoms with van der Waals surface area (Å²) in [5.74, 6) is 0.692. The zero-order valence-corrected chi connectivity index (χ0v) is 12.4. The van der Waals surface area contributed by atoms with E-state index in [1.54, 1.807) is 9.80 Å². The molecule has 0 atom stereocenters. The van der Waals surface area contributed by atoms with E-state index in [-0.39, 0.29) is 24.6 Å². The zero-order chi connectivity index (χ0) is 15.4. The van der Waals surface area contributed by atoms with Gasteiger partial charge in [0.05, 0.1) is 6.54 Å². The molecule has 2 aliphatic heterocycles. The minimum absolute atomic E-state index is 0.00805. The Labute approximate surface area is 129 Å². The summed E-state index contributed by atoms with van der Waals surface area (Å²) in [4.78, 5) is 27.3. The van der Waals surface area contributed by atoms with Crippen molar-refractivity contribution in [2.24, 2.45) is 0 Å². The van der Waals surface area contributed by atoms with Crippen molar-refractivity contribution in [1.82, 2.24) is 9.80 Å². The van der Waals surface area contributed by atoms with Gasteiger partial charge in [-0.3, -0.25) is 4.79 Å². The van der Waals surface area contributed by atoms with Crippen molar-refractivity contribution in [2.75, 3.05) is 32.8 Å². The third-order valence-electron chi connectivity index (χ3n) is 4.16. The molecule has 0 aromatic heterocycles. The van der Waals surface area contributed by atoms with Crippen molar-refractivity contribution in [3.63, 3.8) is 0 Å². The van der Waals surface area contributed by atoms with Crippen LogP contribution < -0.4 is 4.74 Å². The molecule has 118 valence electrons. The molecule has 0 N–H and O–H groups in total. The molecule has 1 aromatic rings. The molecule has 0 radical (unpaired) electrons. The molecule has 2 saturated heterocycles. The highest BCUT2D eigenvalue weighted by atomic mass is 16.6. The van der Waals surface area contributed by atoms with Gasteiger partial charge in [0.25, 0.3) is 5.91 Å². The predicted molar refractivity (Wildman–Crippen MR) is 79.6 cm³/mol. The molecule has 0 saturated carbocycles. The van der Waals surface area contributed by atoms with Gasteiger partial charge in [0.15, 0.2) is 6.61 Å². The Hall–Kier alpha value is -2.24. The van der Waals surface area contributed by atoms with E-state index in [0.717, 1.165) is 12.8 Å². The molecule has 0 unspecified atom stereocenters. The van der Waals surface area contributed by atoms with Crippen LogP contribution in [0.15, 0.2) is 30.3 Å². The summed E-state index contributed by atoms with van der Waals surface area (Å²) in [6.07, 6.45) is 1.37. The van der Waals surface area contributed by atoms with E-state index in [1.165, 1.54) is 0 Å². The van der Waals surface area contributed by atoms with E-state index in [9.17, 15) is 9.59 Å². The molecule has 2 fully saturated rings. The van der Waals surface area contributed by atoms with Gasteiger partial charge in [-0.1, -0.05) is 18.2 Å². The Balaban J connectivity index is 1.44. The first-order valence-corrected chi connectivity index (χ1v) is 7.63. The SMILES string of the molecule is O=C(COc1ccccc1)N1CCC(N2CCOC2=O)CC1. The molecule has 0 spiro atoms. The third kappa shape index (κ3) is 3.32. The average Bonchev–Trinajstić information content (AvgIpc) is 3.00. The number of nitrogens with zero attached hydrogens (tertiary/aromatic N) is 2. The van der Waals surface area contributed by atoms with Crippen LogP contribution in [0, 0.1) is 0 Å². The van der Waals surface area contributed by atoms with Crippen molar-refractivity contribution in [3.8, 4) is 5.75 Å². The van der Waals surface area contributed by atoms with Crippen molar-refractivity contribution in [2.45, 2.75) is 18.9 Å².